The van der Waals surface area contributed by atoms with Crippen molar-refractivity contribution in [2.75, 3.05) is 16.0 Å². The molecule has 0 saturated carbocycles. The number of benzene rings is 2. The molecule has 0 fully saturated rings. The largest absolute Gasteiger partial charge is 0.355 e. The quantitative estimate of drug-likeness (QED) is 0.182. The highest BCUT2D eigenvalue weighted by Crippen LogP contribution is 2.30. The number of anilines is 4. The molecule has 2 aromatic carbocycles. The average Bonchev–Trinajstić information content (AvgIpc) is 3.57. The summed E-state index contributed by atoms with van der Waals surface area (Å²) in [7, 11) is 0. The molecular weight excluding hydrogens is 478 g/mol. The normalized spacial score (nSPS) is 12.1. The Morgan fingerprint density at radius 1 is 0.921 bits per heavy atom. The van der Waals surface area contributed by atoms with Crippen molar-refractivity contribution in [3.8, 4) is 11.3 Å². The lowest BCUT2D eigenvalue weighted by molar-refractivity contribution is 0.261. The third-order valence-corrected chi connectivity index (χ3v) is 6.10. The number of carbonyl (C=O) groups excluding carboxylic acids is 1. The van der Waals surface area contributed by atoms with Crippen LogP contribution in [0, 0.1) is 0 Å². The molecule has 0 aliphatic carbocycles. The lowest BCUT2D eigenvalue weighted by atomic mass is 9.92. The van der Waals surface area contributed by atoms with Crippen LogP contribution in [0.2, 0.25) is 0 Å². The van der Waals surface area contributed by atoms with Crippen LogP contribution in [0.25, 0.3) is 22.2 Å². The second kappa shape index (κ2) is 9.37. The number of rotatable bonds is 5. The van der Waals surface area contributed by atoms with Crippen LogP contribution in [-0.4, -0.2) is 36.2 Å². The zero-order chi connectivity index (χ0) is 27.1. The van der Waals surface area contributed by atoms with Crippen molar-refractivity contribution in [3.05, 3.63) is 66.6 Å². The Morgan fingerprint density at radius 2 is 1.68 bits per heavy atom. The molecule has 196 valence electrons. The van der Waals surface area contributed by atoms with Crippen LogP contribution >= 0.6 is 0 Å². The van der Waals surface area contributed by atoms with Gasteiger partial charge in [0.2, 0.25) is 0 Å². The van der Waals surface area contributed by atoms with Crippen molar-refractivity contribution in [3.63, 3.8) is 0 Å². The fourth-order valence-corrected chi connectivity index (χ4v) is 4.17. The van der Waals surface area contributed by atoms with Gasteiger partial charge in [0.15, 0.2) is 0 Å². The molecule has 5 rings (SSSR count). The highest BCUT2D eigenvalue weighted by Gasteiger charge is 2.25. The van der Waals surface area contributed by atoms with Gasteiger partial charge in [-0.1, -0.05) is 26.8 Å². The highest BCUT2D eigenvalue weighted by atomic mass is 16.2. The molecule has 0 spiro atoms. The van der Waals surface area contributed by atoms with Crippen molar-refractivity contribution in [1.82, 2.24) is 30.2 Å². The minimum atomic E-state index is -0.335. The van der Waals surface area contributed by atoms with Gasteiger partial charge in [0, 0.05) is 45.7 Å². The van der Waals surface area contributed by atoms with Gasteiger partial charge < -0.3 is 10.6 Å². The lowest BCUT2D eigenvalue weighted by Crippen LogP contribution is -2.28. The second-order valence-corrected chi connectivity index (χ2v) is 11.4. The van der Waals surface area contributed by atoms with Gasteiger partial charge in [-0.3, -0.25) is 15.5 Å². The third-order valence-electron chi connectivity index (χ3n) is 6.10. The molecule has 38 heavy (non-hydrogen) atoms. The molecule has 3 aromatic heterocycles. The Balaban J connectivity index is 1.30. The number of hydrogen-bond donors (Lipinski definition) is 5. The SMILES string of the molecule is CC(C)(C)c1cc(NC(=O)Nc2cccc(Nc3ccc4c(-c5cn[nH]c5)n[nH]c4c3)c2)n(C(C)(C)C)n1. The molecule has 0 atom stereocenters. The van der Waals surface area contributed by atoms with Crippen LogP contribution in [0.3, 0.4) is 0 Å². The molecule has 3 heterocycles. The molecule has 0 saturated heterocycles. The van der Waals surface area contributed by atoms with E-state index >= 15 is 0 Å². The summed E-state index contributed by atoms with van der Waals surface area (Å²) in [6.45, 7) is 12.5. The summed E-state index contributed by atoms with van der Waals surface area (Å²) < 4.78 is 1.86. The summed E-state index contributed by atoms with van der Waals surface area (Å²) in [5.74, 6) is 0.650. The number of nitrogens with one attached hydrogen (secondary N) is 5. The van der Waals surface area contributed by atoms with Gasteiger partial charge in [-0.05, 0) is 57.2 Å². The number of carbonyl (C=O) groups is 1. The number of nitrogens with zero attached hydrogens (tertiary/aromatic N) is 4. The number of H-pyrrole nitrogens is 2. The van der Waals surface area contributed by atoms with Gasteiger partial charge in [0.05, 0.1) is 22.9 Å². The van der Waals surface area contributed by atoms with Crippen LogP contribution in [0.4, 0.5) is 27.7 Å². The average molecular weight is 512 g/mol. The van der Waals surface area contributed by atoms with Crippen LogP contribution in [0.15, 0.2) is 60.9 Å². The Kier molecular flexibility index (Phi) is 6.18. The Labute approximate surface area is 221 Å². The molecule has 0 radical (unpaired) electrons. The van der Waals surface area contributed by atoms with E-state index in [0.717, 1.165) is 39.2 Å². The molecule has 0 unspecified atom stereocenters. The number of urea groups is 1. The van der Waals surface area contributed by atoms with Crippen molar-refractivity contribution < 1.29 is 4.79 Å². The van der Waals surface area contributed by atoms with E-state index in [4.69, 9.17) is 5.10 Å². The van der Waals surface area contributed by atoms with E-state index in [1.807, 2.05) is 59.4 Å². The number of aromatic amines is 2. The molecule has 0 aliphatic heterocycles. The minimum Gasteiger partial charge on any atom is -0.355 e. The first kappa shape index (κ1) is 25.1. The molecule has 0 aliphatic rings. The first-order valence-corrected chi connectivity index (χ1v) is 12.5. The maximum absolute atomic E-state index is 12.9. The van der Waals surface area contributed by atoms with Gasteiger partial charge >= 0.3 is 6.03 Å². The number of hydrogen-bond acceptors (Lipinski definition) is 5. The summed E-state index contributed by atoms with van der Waals surface area (Å²) in [5.41, 5.74) is 5.57. The molecule has 10 heteroatoms. The first-order valence-electron chi connectivity index (χ1n) is 12.5. The maximum atomic E-state index is 12.9. The van der Waals surface area contributed by atoms with E-state index < -0.39 is 0 Å². The van der Waals surface area contributed by atoms with Crippen LogP contribution in [0.5, 0.6) is 0 Å². The molecular formula is C28H33N9O. The summed E-state index contributed by atoms with van der Waals surface area (Å²) in [6.07, 6.45) is 3.56. The second-order valence-electron chi connectivity index (χ2n) is 11.4. The number of aromatic nitrogens is 6. The van der Waals surface area contributed by atoms with Gasteiger partial charge in [0.25, 0.3) is 0 Å². The van der Waals surface area contributed by atoms with E-state index in [1.165, 1.54) is 0 Å². The predicted octanol–water partition coefficient (Wildman–Crippen LogP) is 6.59. The fourth-order valence-electron chi connectivity index (χ4n) is 4.17. The van der Waals surface area contributed by atoms with Crippen molar-refractivity contribution >= 4 is 39.8 Å². The van der Waals surface area contributed by atoms with Gasteiger partial charge in [-0.25, -0.2) is 9.48 Å². The first-order chi connectivity index (χ1) is 18.0. The summed E-state index contributed by atoms with van der Waals surface area (Å²) >= 11 is 0. The highest BCUT2D eigenvalue weighted by molar-refractivity contribution is 6.00. The standard InChI is InChI=1S/C28H33N9O/c1-27(2,3)23-14-24(37(36-23)28(4,5)6)33-26(38)32-19-9-7-8-18(12-19)31-20-10-11-21-22(13-20)34-35-25(21)17-15-29-30-16-17/h7-16,31H,1-6H3,(H,29,30)(H,34,35)(H2,32,33,38). The van der Waals surface area contributed by atoms with E-state index in [9.17, 15) is 4.79 Å². The van der Waals surface area contributed by atoms with Crippen LogP contribution in [0.1, 0.15) is 47.2 Å². The summed E-state index contributed by atoms with van der Waals surface area (Å²) in [5, 5.41) is 29.4. The van der Waals surface area contributed by atoms with E-state index in [-0.39, 0.29) is 17.0 Å². The van der Waals surface area contributed by atoms with E-state index in [0.29, 0.717) is 11.5 Å². The van der Waals surface area contributed by atoms with Crippen molar-refractivity contribution in [2.45, 2.75) is 52.5 Å². The molecule has 10 nitrogen and oxygen atoms in total. The van der Waals surface area contributed by atoms with Crippen LogP contribution in [-0.2, 0) is 11.0 Å². The van der Waals surface area contributed by atoms with Crippen LogP contribution < -0.4 is 16.0 Å². The zero-order valence-electron chi connectivity index (χ0n) is 22.5. The Morgan fingerprint density at radius 3 is 2.39 bits per heavy atom. The van der Waals surface area contributed by atoms with Gasteiger partial charge in [-0.15, -0.1) is 0 Å². The Bertz CT molecular complexity index is 1580. The van der Waals surface area contributed by atoms with E-state index in [2.05, 4.69) is 77.9 Å². The molecule has 0 bridgehead atoms. The number of fused-ring (bicyclic) bond motifs is 1. The Hall–Kier alpha value is -4.60. The molecule has 2 amide bonds. The van der Waals surface area contributed by atoms with Gasteiger partial charge in [0.1, 0.15) is 11.5 Å². The third kappa shape index (κ3) is 5.24. The zero-order valence-corrected chi connectivity index (χ0v) is 22.5. The molecule has 5 aromatic rings. The monoisotopic (exact) mass is 511 g/mol. The predicted molar refractivity (Wildman–Crippen MR) is 152 cm³/mol. The van der Waals surface area contributed by atoms with E-state index in [1.54, 1.807) is 6.20 Å². The van der Waals surface area contributed by atoms with Crippen molar-refractivity contribution in [1.29, 1.82) is 0 Å². The maximum Gasteiger partial charge on any atom is 0.324 e. The van der Waals surface area contributed by atoms with Gasteiger partial charge in [-0.2, -0.15) is 15.3 Å². The summed E-state index contributed by atoms with van der Waals surface area (Å²) in [4.78, 5) is 12.9. The number of amides is 2. The fraction of sp³-hybridized carbons (Fsp3) is 0.286. The van der Waals surface area contributed by atoms with Crippen molar-refractivity contribution in [2.24, 2.45) is 0 Å². The molecule has 5 N–H and O–H groups in total. The minimum absolute atomic E-state index is 0.135. The summed E-state index contributed by atoms with van der Waals surface area (Å²) in [6, 6.07) is 15.2. The topological polar surface area (TPSA) is 128 Å². The lowest BCUT2D eigenvalue weighted by Gasteiger charge is -2.23. The smallest absolute Gasteiger partial charge is 0.324 e.